The maximum atomic E-state index is 11.3. The van der Waals surface area contributed by atoms with Crippen LogP contribution in [-0.2, 0) is 0 Å². The fourth-order valence-corrected chi connectivity index (χ4v) is 12.2. The number of anilines is 6. The van der Waals surface area contributed by atoms with E-state index in [2.05, 4.69) is 265 Å². The first-order valence-corrected chi connectivity index (χ1v) is 27.3. The first-order valence-electron chi connectivity index (χ1n) is 27.3. The number of nitrogens with zero attached hydrogens (tertiary/aromatic N) is 4. The third-order valence-electron chi connectivity index (χ3n) is 15.9. The molecule has 0 aliphatic carbocycles. The molecular weight excluding hydrogens is 1000 g/mol. The Bertz CT molecular complexity index is 4600. The van der Waals surface area contributed by atoms with Crippen molar-refractivity contribution in [1.29, 1.82) is 10.5 Å². The lowest BCUT2D eigenvalue weighted by Crippen LogP contribution is -2.12. The van der Waals surface area contributed by atoms with Crippen molar-refractivity contribution < 1.29 is 8.83 Å². The molecule has 0 fully saturated rings. The van der Waals surface area contributed by atoms with Gasteiger partial charge in [-0.1, -0.05) is 206 Å². The van der Waals surface area contributed by atoms with Gasteiger partial charge in [0.25, 0.3) is 0 Å². The molecule has 0 aliphatic rings. The molecule has 0 atom stereocenters. The Morgan fingerprint density at radius 3 is 0.902 bits per heavy atom. The largest absolute Gasteiger partial charge is 0.454 e. The Balaban J connectivity index is 0.888. The topological polar surface area (TPSA) is 80.3 Å². The van der Waals surface area contributed by atoms with E-state index in [1.807, 2.05) is 36.4 Å². The number of hydrogen-bond acceptors (Lipinski definition) is 6. The lowest BCUT2D eigenvalue weighted by Gasteiger charge is -2.30. The molecule has 0 saturated heterocycles. The van der Waals surface area contributed by atoms with E-state index in [1.54, 1.807) is 0 Å². The zero-order valence-electron chi connectivity index (χ0n) is 44.2. The molecular formula is C76H46N4O2. The van der Waals surface area contributed by atoms with E-state index in [4.69, 9.17) is 8.83 Å². The van der Waals surface area contributed by atoms with Gasteiger partial charge in [0, 0.05) is 55.2 Å². The minimum Gasteiger partial charge on any atom is -0.454 e. The van der Waals surface area contributed by atoms with Crippen LogP contribution in [0.4, 0.5) is 34.1 Å². The molecule has 82 heavy (non-hydrogen) atoms. The van der Waals surface area contributed by atoms with Crippen molar-refractivity contribution in [3.8, 4) is 56.6 Å². The molecule has 0 amide bonds. The van der Waals surface area contributed by atoms with E-state index in [9.17, 15) is 10.5 Å². The molecule has 2 aromatic heterocycles. The molecule has 382 valence electrons. The van der Waals surface area contributed by atoms with Gasteiger partial charge in [-0.2, -0.15) is 10.5 Å². The van der Waals surface area contributed by atoms with Crippen LogP contribution in [0.5, 0.6) is 0 Å². The van der Waals surface area contributed by atoms with Gasteiger partial charge in [-0.05, 0) is 117 Å². The number of fused-ring (bicyclic) bond motifs is 8. The SMILES string of the molecule is N#Cc1c2oc3cc4cc(N(c5ccccc5-c5ccccc5)c5ccccc5-c5ccccc5)ccc4cc3c2c(C#N)c2c1oc1cc3cc(N(c4ccccc4-c4ccccc4)c4ccccc4-c4ccccc4)ccc3cc12. The van der Waals surface area contributed by atoms with Crippen LogP contribution in [0.3, 0.4) is 0 Å². The zero-order chi connectivity index (χ0) is 54.7. The maximum absolute atomic E-state index is 11.3. The summed E-state index contributed by atoms with van der Waals surface area (Å²) >= 11 is 0. The monoisotopic (exact) mass is 1050 g/mol. The summed E-state index contributed by atoms with van der Waals surface area (Å²) in [7, 11) is 0. The standard InChI is InChI=1S/C76H46N4O2/c77-47-65-73-63-43-53-37-39-57(79(67-33-17-13-29-59(67)49-21-5-1-6-22-49)68-34-18-14-30-60(68)50-23-7-2-8-24-50)41-55(53)45-71(63)81-75(73)66(48-78)76-74(65)64-44-54-38-40-58(42-56(54)46-72(64)82-76)80(69-35-19-15-31-61(69)51-25-9-3-10-26-51)70-36-20-16-32-62(70)52-27-11-4-12-28-52/h1-46H. The summed E-state index contributed by atoms with van der Waals surface area (Å²) in [5.74, 6) is 0. The van der Waals surface area contributed by atoms with E-state index in [1.165, 1.54) is 0 Å². The second-order valence-electron chi connectivity index (χ2n) is 20.5. The van der Waals surface area contributed by atoms with Gasteiger partial charge in [-0.25, -0.2) is 0 Å². The summed E-state index contributed by atoms with van der Waals surface area (Å²) in [6.07, 6.45) is 0. The molecule has 0 unspecified atom stereocenters. The highest BCUT2D eigenvalue weighted by Crippen LogP contribution is 2.50. The Morgan fingerprint density at radius 1 is 0.280 bits per heavy atom. The molecule has 0 aliphatic heterocycles. The molecule has 0 radical (unpaired) electrons. The number of para-hydroxylation sites is 4. The third kappa shape index (κ3) is 7.94. The van der Waals surface area contributed by atoms with Crippen LogP contribution in [0.2, 0.25) is 0 Å². The van der Waals surface area contributed by atoms with Crippen LogP contribution in [-0.4, -0.2) is 0 Å². The normalized spacial score (nSPS) is 11.4. The molecule has 15 aromatic rings. The predicted octanol–water partition coefficient (Wildman–Crippen LogP) is 21.1. The second-order valence-corrected chi connectivity index (χ2v) is 20.5. The Labute approximate surface area is 473 Å². The van der Waals surface area contributed by atoms with Crippen molar-refractivity contribution in [2.24, 2.45) is 0 Å². The molecule has 15 rings (SSSR count). The molecule has 2 heterocycles. The van der Waals surface area contributed by atoms with Crippen molar-refractivity contribution in [2.75, 3.05) is 9.80 Å². The van der Waals surface area contributed by atoms with Crippen molar-refractivity contribution >= 4 is 99.5 Å². The third-order valence-corrected chi connectivity index (χ3v) is 15.9. The first kappa shape index (κ1) is 47.7. The van der Waals surface area contributed by atoms with E-state index >= 15 is 0 Å². The van der Waals surface area contributed by atoms with Crippen molar-refractivity contribution in [1.82, 2.24) is 0 Å². The zero-order valence-corrected chi connectivity index (χ0v) is 44.2. The highest BCUT2D eigenvalue weighted by molar-refractivity contribution is 6.24. The van der Waals surface area contributed by atoms with Crippen LogP contribution < -0.4 is 9.80 Å². The highest BCUT2D eigenvalue weighted by atomic mass is 16.3. The van der Waals surface area contributed by atoms with E-state index in [0.29, 0.717) is 38.7 Å². The number of nitriles is 2. The van der Waals surface area contributed by atoms with Gasteiger partial charge in [-0.3, -0.25) is 0 Å². The lowest BCUT2D eigenvalue weighted by molar-refractivity contribution is 0.654. The number of furan rings is 2. The fourth-order valence-electron chi connectivity index (χ4n) is 12.2. The molecule has 6 heteroatoms. The van der Waals surface area contributed by atoms with Crippen LogP contribution in [0, 0.1) is 22.7 Å². The van der Waals surface area contributed by atoms with Gasteiger partial charge < -0.3 is 18.6 Å². The Morgan fingerprint density at radius 2 is 0.585 bits per heavy atom. The summed E-state index contributed by atoms with van der Waals surface area (Å²) in [5.41, 5.74) is 17.2. The summed E-state index contributed by atoms with van der Waals surface area (Å²) in [6, 6.07) is 102. The fraction of sp³-hybridized carbons (Fsp3) is 0. The molecule has 13 aromatic carbocycles. The van der Waals surface area contributed by atoms with Crippen molar-refractivity contribution in [2.45, 2.75) is 0 Å². The Hall–Kier alpha value is -11.4. The van der Waals surface area contributed by atoms with E-state index in [0.717, 1.165) is 111 Å². The molecule has 6 nitrogen and oxygen atoms in total. The summed E-state index contributed by atoms with van der Waals surface area (Å²) < 4.78 is 13.6. The summed E-state index contributed by atoms with van der Waals surface area (Å²) in [4.78, 5) is 4.68. The molecule has 0 saturated carbocycles. The predicted molar refractivity (Wildman–Crippen MR) is 337 cm³/mol. The van der Waals surface area contributed by atoms with Gasteiger partial charge in [-0.15, -0.1) is 0 Å². The summed E-state index contributed by atoms with van der Waals surface area (Å²) in [5, 5.41) is 28.9. The lowest BCUT2D eigenvalue weighted by atomic mass is 9.95. The number of hydrogen-bond donors (Lipinski definition) is 0. The van der Waals surface area contributed by atoms with Crippen molar-refractivity contribution in [3.05, 3.63) is 290 Å². The van der Waals surface area contributed by atoms with Gasteiger partial charge in [0.2, 0.25) is 0 Å². The first-order chi connectivity index (χ1) is 40.6. The second kappa shape index (κ2) is 19.8. The smallest absolute Gasteiger partial charge is 0.158 e. The minimum absolute atomic E-state index is 0.244. The van der Waals surface area contributed by atoms with Crippen LogP contribution >= 0.6 is 0 Å². The average molecular weight is 1050 g/mol. The quantitative estimate of drug-likeness (QED) is 0.136. The van der Waals surface area contributed by atoms with Gasteiger partial charge in [0.05, 0.1) is 28.3 Å². The molecule has 0 bridgehead atoms. The highest BCUT2D eigenvalue weighted by Gasteiger charge is 2.28. The number of benzene rings is 13. The van der Waals surface area contributed by atoms with Gasteiger partial charge in [0.15, 0.2) is 11.2 Å². The Kier molecular flexibility index (Phi) is 11.5. The van der Waals surface area contributed by atoms with E-state index in [-0.39, 0.29) is 5.56 Å². The average Bonchev–Trinajstić information content (AvgIpc) is 3.57. The van der Waals surface area contributed by atoms with Gasteiger partial charge >= 0.3 is 0 Å². The van der Waals surface area contributed by atoms with Crippen molar-refractivity contribution in [3.63, 3.8) is 0 Å². The van der Waals surface area contributed by atoms with Crippen LogP contribution in [0.1, 0.15) is 11.1 Å². The van der Waals surface area contributed by atoms with Crippen LogP contribution in [0.15, 0.2) is 288 Å². The maximum Gasteiger partial charge on any atom is 0.158 e. The molecule has 0 N–H and O–H groups in total. The van der Waals surface area contributed by atoms with Gasteiger partial charge in [0.1, 0.15) is 28.9 Å². The van der Waals surface area contributed by atoms with Crippen LogP contribution in [0.25, 0.3) is 110 Å². The molecule has 0 spiro atoms. The number of rotatable bonds is 10. The summed E-state index contributed by atoms with van der Waals surface area (Å²) in [6.45, 7) is 0. The van der Waals surface area contributed by atoms with E-state index < -0.39 is 0 Å². The minimum atomic E-state index is 0.244.